The van der Waals surface area contributed by atoms with Crippen molar-refractivity contribution < 1.29 is 47.7 Å². The van der Waals surface area contributed by atoms with Crippen LogP contribution < -0.4 is 9.47 Å². The van der Waals surface area contributed by atoms with Gasteiger partial charge in [-0.3, -0.25) is 9.59 Å². The first kappa shape index (κ1) is 47.1. The van der Waals surface area contributed by atoms with E-state index < -0.39 is 5.97 Å². The van der Waals surface area contributed by atoms with Crippen molar-refractivity contribution >= 4 is 29.8 Å². The number of benzene rings is 1. The SMILES string of the molecule is C=CC(=O)OCCCC1CCC(CCC2CCC(C(=O)Oc3ccc(C(=O)OC)cc3OC(=O)C3CCC(CCC4CCC(CCCOC(=O)C=C)CC4)CC3)CC2)CC1. The fourth-order valence-corrected chi connectivity index (χ4v) is 10.4. The van der Waals surface area contributed by atoms with Crippen LogP contribution in [0.25, 0.3) is 0 Å². The molecule has 4 fully saturated rings. The lowest BCUT2D eigenvalue weighted by Gasteiger charge is -2.31. The molecule has 0 N–H and O–H groups in total. The van der Waals surface area contributed by atoms with Crippen molar-refractivity contribution in [2.24, 2.45) is 47.3 Å². The fourth-order valence-electron chi connectivity index (χ4n) is 10.4. The van der Waals surface area contributed by atoms with Crippen LogP contribution >= 0.6 is 0 Å². The highest BCUT2D eigenvalue weighted by molar-refractivity contribution is 5.91. The minimum Gasteiger partial charge on any atom is -0.465 e. The van der Waals surface area contributed by atoms with Gasteiger partial charge >= 0.3 is 29.8 Å². The summed E-state index contributed by atoms with van der Waals surface area (Å²) in [4.78, 5) is 61.9. The highest BCUT2D eigenvalue weighted by Gasteiger charge is 2.32. The lowest BCUT2D eigenvalue weighted by atomic mass is 9.75. The van der Waals surface area contributed by atoms with Gasteiger partial charge in [-0.15, -0.1) is 0 Å². The highest BCUT2D eigenvalue weighted by atomic mass is 16.6. The van der Waals surface area contributed by atoms with Gasteiger partial charge in [0.1, 0.15) is 0 Å². The van der Waals surface area contributed by atoms with Crippen molar-refractivity contribution in [1.82, 2.24) is 0 Å². The van der Waals surface area contributed by atoms with Crippen molar-refractivity contribution in [2.45, 2.75) is 154 Å². The molecule has 332 valence electrons. The maximum absolute atomic E-state index is 13.5. The number of hydrogen-bond acceptors (Lipinski definition) is 10. The number of hydrogen-bond donors (Lipinski definition) is 0. The van der Waals surface area contributed by atoms with Gasteiger partial charge in [-0.2, -0.15) is 0 Å². The van der Waals surface area contributed by atoms with E-state index in [9.17, 15) is 24.0 Å². The highest BCUT2D eigenvalue weighted by Crippen LogP contribution is 2.41. The average Bonchev–Trinajstić information content (AvgIpc) is 3.28. The van der Waals surface area contributed by atoms with Crippen LogP contribution in [-0.2, 0) is 33.4 Å². The van der Waals surface area contributed by atoms with Crippen LogP contribution in [0.4, 0.5) is 0 Å². The molecule has 0 aliphatic heterocycles. The maximum atomic E-state index is 13.5. The second-order valence-corrected chi connectivity index (χ2v) is 18.4. The quantitative estimate of drug-likeness (QED) is 0.0388. The summed E-state index contributed by atoms with van der Waals surface area (Å²) in [5, 5.41) is 0. The Labute approximate surface area is 358 Å². The van der Waals surface area contributed by atoms with Crippen LogP contribution in [0, 0.1) is 47.3 Å². The van der Waals surface area contributed by atoms with Crippen LogP contribution in [0.3, 0.4) is 0 Å². The van der Waals surface area contributed by atoms with E-state index in [-0.39, 0.29) is 52.8 Å². The van der Waals surface area contributed by atoms with E-state index in [1.165, 1.54) is 108 Å². The summed E-state index contributed by atoms with van der Waals surface area (Å²) in [6.45, 7) is 7.84. The molecule has 4 saturated carbocycles. The van der Waals surface area contributed by atoms with Crippen LogP contribution in [0.5, 0.6) is 11.5 Å². The second kappa shape index (κ2) is 25.1. The summed E-state index contributed by atoms with van der Waals surface area (Å²) < 4.78 is 27.0. The first-order chi connectivity index (χ1) is 29.1. The lowest BCUT2D eigenvalue weighted by molar-refractivity contribution is -0.143. The molecule has 10 heteroatoms. The van der Waals surface area contributed by atoms with Crippen molar-refractivity contribution in [3.8, 4) is 11.5 Å². The predicted molar refractivity (Wildman–Crippen MR) is 230 cm³/mol. The van der Waals surface area contributed by atoms with E-state index in [4.69, 9.17) is 23.7 Å². The Morgan fingerprint density at radius 1 is 0.517 bits per heavy atom. The van der Waals surface area contributed by atoms with Crippen molar-refractivity contribution in [3.05, 3.63) is 49.1 Å². The molecule has 60 heavy (non-hydrogen) atoms. The molecule has 0 heterocycles. The third-order valence-corrected chi connectivity index (χ3v) is 14.4. The minimum absolute atomic E-state index is 0.0892. The van der Waals surface area contributed by atoms with Gasteiger partial charge in [0.2, 0.25) is 0 Å². The molecule has 0 spiro atoms. The predicted octanol–water partition coefficient (Wildman–Crippen LogP) is 11.1. The zero-order valence-electron chi connectivity index (χ0n) is 36.4. The van der Waals surface area contributed by atoms with E-state index in [0.717, 1.165) is 101 Å². The maximum Gasteiger partial charge on any atom is 0.337 e. The van der Waals surface area contributed by atoms with E-state index in [0.29, 0.717) is 25.0 Å². The number of carbonyl (C=O) groups excluding carboxylic acids is 5. The Balaban J connectivity index is 0.996. The standard InChI is InChI=1S/C50H72O10/c1-4-46(51)57-32-6-8-35-10-14-37(15-11-35)18-20-39-22-26-41(27-23-39)49(54)59-44-31-30-43(48(53)56-3)34-45(44)60-50(55)42-28-24-40(25-29-42)21-19-38-16-12-36(13-17-38)9-7-33-58-47(52)5-2/h4-5,30-31,34-42H,1-2,6-29,32-33H2,3H3. The zero-order chi connectivity index (χ0) is 42.7. The summed E-state index contributed by atoms with van der Waals surface area (Å²) in [6.07, 6.45) is 28.5. The fraction of sp³-hybridized carbons (Fsp3) is 0.700. The summed E-state index contributed by atoms with van der Waals surface area (Å²) in [5.74, 6) is 2.13. The van der Waals surface area contributed by atoms with Crippen LogP contribution in [-0.4, -0.2) is 50.2 Å². The molecule has 4 aliphatic rings. The molecule has 0 unspecified atom stereocenters. The molecule has 10 nitrogen and oxygen atoms in total. The third-order valence-electron chi connectivity index (χ3n) is 14.4. The van der Waals surface area contributed by atoms with Crippen LogP contribution in [0.1, 0.15) is 164 Å². The van der Waals surface area contributed by atoms with Gasteiger partial charge < -0.3 is 23.7 Å². The number of carbonyl (C=O) groups is 5. The number of methoxy groups -OCH3 is 1. The second-order valence-electron chi connectivity index (χ2n) is 18.4. The molecule has 0 amide bonds. The topological polar surface area (TPSA) is 132 Å². The normalized spacial score (nSPS) is 26.8. The van der Waals surface area contributed by atoms with E-state index in [1.807, 2.05) is 0 Å². The summed E-state index contributed by atoms with van der Waals surface area (Å²) in [5.41, 5.74) is 0.229. The van der Waals surface area contributed by atoms with Crippen LogP contribution in [0.2, 0.25) is 0 Å². The summed E-state index contributed by atoms with van der Waals surface area (Å²) in [6, 6.07) is 4.53. The van der Waals surface area contributed by atoms with E-state index in [1.54, 1.807) is 6.07 Å². The van der Waals surface area contributed by atoms with Crippen molar-refractivity contribution in [3.63, 3.8) is 0 Å². The van der Waals surface area contributed by atoms with Crippen molar-refractivity contribution in [1.29, 1.82) is 0 Å². The number of rotatable bonds is 21. The smallest absolute Gasteiger partial charge is 0.337 e. The minimum atomic E-state index is -0.555. The average molecular weight is 833 g/mol. The molecular weight excluding hydrogens is 761 g/mol. The van der Waals surface area contributed by atoms with Gasteiger partial charge in [-0.05, 0) is 131 Å². The summed E-state index contributed by atoms with van der Waals surface area (Å²) in [7, 11) is 1.30. The Bertz CT molecular complexity index is 1550. The van der Waals surface area contributed by atoms with E-state index in [2.05, 4.69) is 13.2 Å². The van der Waals surface area contributed by atoms with Gasteiger partial charge in [-0.1, -0.05) is 90.2 Å². The Morgan fingerprint density at radius 2 is 0.867 bits per heavy atom. The molecule has 1 aromatic rings. The molecular formula is C50H72O10. The molecule has 4 aliphatic carbocycles. The largest absolute Gasteiger partial charge is 0.465 e. The Morgan fingerprint density at radius 3 is 1.23 bits per heavy atom. The molecule has 0 bridgehead atoms. The molecule has 0 saturated heterocycles. The number of esters is 5. The van der Waals surface area contributed by atoms with Crippen molar-refractivity contribution in [2.75, 3.05) is 20.3 Å². The van der Waals surface area contributed by atoms with E-state index >= 15 is 0 Å². The third kappa shape index (κ3) is 15.5. The lowest BCUT2D eigenvalue weighted by Crippen LogP contribution is -2.28. The molecule has 1 aromatic carbocycles. The molecule has 0 atom stereocenters. The Hall–Kier alpha value is -3.95. The first-order valence-electron chi connectivity index (χ1n) is 23.4. The Kier molecular flexibility index (Phi) is 19.7. The molecule has 5 rings (SSSR count). The van der Waals surface area contributed by atoms with Gasteiger partial charge in [0.15, 0.2) is 11.5 Å². The number of ether oxygens (including phenoxy) is 5. The monoisotopic (exact) mass is 833 g/mol. The molecule has 0 radical (unpaired) electrons. The first-order valence-corrected chi connectivity index (χ1v) is 23.4. The van der Waals surface area contributed by atoms with Crippen LogP contribution in [0.15, 0.2) is 43.5 Å². The molecule has 0 aromatic heterocycles. The van der Waals surface area contributed by atoms with Gasteiger partial charge in [0.25, 0.3) is 0 Å². The zero-order valence-corrected chi connectivity index (χ0v) is 36.4. The van der Waals surface area contributed by atoms with Gasteiger partial charge in [-0.25, -0.2) is 14.4 Å². The van der Waals surface area contributed by atoms with Gasteiger partial charge in [0.05, 0.1) is 37.7 Å². The van der Waals surface area contributed by atoms with Gasteiger partial charge in [0, 0.05) is 12.2 Å². The summed E-state index contributed by atoms with van der Waals surface area (Å²) >= 11 is 0.